The number of carbonyl (C=O) groups excluding carboxylic acids is 2. The Morgan fingerprint density at radius 1 is 1.08 bits per heavy atom. The molecular formula is C19H21N3O2. The third-order valence-electron chi connectivity index (χ3n) is 4.35. The van der Waals surface area contributed by atoms with Gasteiger partial charge in [-0.2, -0.15) is 0 Å². The average molecular weight is 323 g/mol. The number of likely N-dealkylation sites (tertiary alicyclic amines) is 1. The van der Waals surface area contributed by atoms with Gasteiger partial charge >= 0.3 is 0 Å². The van der Waals surface area contributed by atoms with Crippen LogP contribution < -0.4 is 5.32 Å². The van der Waals surface area contributed by atoms with Gasteiger partial charge in [-0.25, -0.2) is 0 Å². The fraction of sp³-hybridized carbons (Fsp3) is 0.316. The van der Waals surface area contributed by atoms with Gasteiger partial charge in [-0.3, -0.25) is 14.6 Å². The Bertz CT molecular complexity index is 722. The van der Waals surface area contributed by atoms with Crippen molar-refractivity contribution in [3.05, 3.63) is 59.9 Å². The van der Waals surface area contributed by atoms with E-state index in [4.69, 9.17) is 0 Å². The van der Waals surface area contributed by atoms with E-state index in [2.05, 4.69) is 17.2 Å². The third kappa shape index (κ3) is 3.79. The summed E-state index contributed by atoms with van der Waals surface area (Å²) in [4.78, 5) is 30.8. The number of para-hydroxylation sites is 1. The lowest BCUT2D eigenvalue weighted by molar-refractivity contribution is 0.0697. The van der Waals surface area contributed by atoms with E-state index >= 15 is 0 Å². The van der Waals surface area contributed by atoms with E-state index in [1.54, 1.807) is 6.07 Å². The van der Waals surface area contributed by atoms with E-state index in [0.29, 0.717) is 22.7 Å². The maximum atomic E-state index is 12.6. The van der Waals surface area contributed by atoms with Crippen molar-refractivity contribution >= 4 is 17.5 Å². The van der Waals surface area contributed by atoms with Gasteiger partial charge in [-0.1, -0.05) is 25.1 Å². The summed E-state index contributed by atoms with van der Waals surface area (Å²) < 4.78 is 0. The second-order valence-electron chi connectivity index (χ2n) is 6.26. The molecule has 2 amide bonds. The first-order valence-electron chi connectivity index (χ1n) is 8.24. The highest BCUT2D eigenvalue weighted by Gasteiger charge is 2.22. The lowest BCUT2D eigenvalue weighted by atomic mass is 9.98. The molecule has 0 spiro atoms. The van der Waals surface area contributed by atoms with Crippen molar-refractivity contribution in [3.63, 3.8) is 0 Å². The van der Waals surface area contributed by atoms with Gasteiger partial charge in [0.2, 0.25) is 0 Å². The zero-order chi connectivity index (χ0) is 16.9. The van der Waals surface area contributed by atoms with Crippen molar-refractivity contribution in [1.29, 1.82) is 0 Å². The molecule has 124 valence electrons. The molecule has 1 aromatic heterocycles. The van der Waals surface area contributed by atoms with Gasteiger partial charge in [-0.15, -0.1) is 0 Å². The fourth-order valence-electron chi connectivity index (χ4n) is 2.80. The minimum atomic E-state index is -0.268. The van der Waals surface area contributed by atoms with Crippen LogP contribution in [0.3, 0.4) is 0 Å². The molecule has 1 aromatic carbocycles. The minimum absolute atomic E-state index is 0.0521. The first-order chi connectivity index (χ1) is 11.6. The number of hydrogen-bond acceptors (Lipinski definition) is 3. The van der Waals surface area contributed by atoms with Crippen LogP contribution in [0.4, 0.5) is 5.69 Å². The number of benzene rings is 1. The second-order valence-corrected chi connectivity index (χ2v) is 6.26. The number of nitrogens with one attached hydrogen (secondary N) is 1. The Balaban J connectivity index is 1.71. The van der Waals surface area contributed by atoms with Crippen molar-refractivity contribution < 1.29 is 9.59 Å². The summed E-state index contributed by atoms with van der Waals surface area (Å²) in [5.41, 5.74) is 1.56. The van der Waals surface area contributed by atoms with Crippen LogP contribution in [-0.4, -0.2) is 34.8 Å². The van der Waals surface area contributed by atoms with Gasteiger partial charge in [-0.05, 0) is 37.0 Å². The number of aromatic nitrogens is 1. The number of pyridine rings is 1. The van der Waals surface area contributed by atoms with Crippen molar-refractivity contribution in [2.24, 2.45) is 5.92 Å². The number of rotatable bonds is 3. The van der Waals surface area contributed by atoms with E-state index in [0.717, 1.165) is 25.9 Å². The molecule has 1 saturated heterocycles. The summed E-state index contributed by atoms with van der Waals surface area (Å²) in [5.74, 6) is 0.342. The summed E-state index contributed by atoms with van der Waals surface area (Å²) in [6.07, 6.45) is 5.05. The van der Waals surface area contributed by atoms with Crippen LogP contribution in [0.15, 0.2) is 48.8 Å². The van der Waals surface area contributed by atoms with Gasteiger partial charge in [0.15, 0.2) is 0 Å². The molecule has 0 atom stereocenters. The predicted molar refractivity (Wildman–Crippen MR) is 92.9 cm³/mol. The largest absolute Gasteiger partial charge is 0.339 e. The van der Waals surface area contributed by atoms with Gasteiger partial charge < -0.3 is 10.2 Å². The van der Waals surface area contributed by atoms with Crippen molar-refractivity contribution in [3.8, 4) is 0 Å². The molecule has 2 aromatic rings. The summed E-state index contributed by atoms with van der Waals surface area (Å²) >= 11 is 0. The van der Waals surface area contributed by atoms with Gasteiger partial charge in [0.1, 0.15) is 0 Å². The molecular weight excluding hydrogens is 302 g/mol. The highest BCUT2D eigenvalue weighted by molar-refractivity contribution is 6.05. The molecule has 0 unspecified atom stereocenters. The van der Waals surface area contributed by atoms with Gasteiger partial charge in [0.05, 0.1) is 11.1 Å². The lowest BCUT2D eigenvalue weighted by Gasteiger charge is -2.30. The SMILES string of the molecule is CC1CCN(C(=O)c2cncc(C(=O)Nc3ccccc3)c2)CC1. The number of hydrogen-bond donors (Lipinski definition) is 1. The Morgan fingerprint density at radius 3 is 2.46 bits per heavy atom. The molecule has 1 aliphatic heterocycles. The molecule has 0 aliphatic carbocycles. The Kier molecular flexibility index (Phi) is 4.89. The molecule has 0 radical (unpaired) electrons. The topological polar surface area (TPSA) is 62.3 Å². The number of carbonyl (C=O) groups is 2. The monoisotopic (exact) mass is 323 g/mol. The number of nitrogens with zero attached hydrogens (tertiary/aromatic N) is 2. The van der Waals surface area contributed by atoms with Crippen LogP contribution in [0.2, 0.25) is 0 Å². The lowest BCUT2D eigenvalue weighted by Crippen LogP contribution is -2.38. The minimum Gasteiger partial charge on any atom is -0.339 e. The quantitative estimate of drug-likeness (QED) is 0.943. The molecule has 1 aliphatic rings. The maximum absolute atomic E-state index is 12.6. The number of piperidine rings is 1. The van der Waals surface area contributed by atoms with E-state index in [9.17, 15) is 9.59 Å². The molecule has 0 bridgehead atoms. The predicted octanol–water partition coefficient (Wildman–Crippen LogP) is 3.21. The van der Waals surface area contributed by atoms with E-state index < -0.39 is 0 Å². The Labute approximate surface area is 141 Å². The van der Waals surface area contributed by atoms with E-state index in [1.807, 2.05) is 35.2 Å². The van der Waals surface area contributed by atoms with Crippen molar-refractivity contribution in [2.45, 2.75) is 19.8 Å². The first-order valence-corrected chi connectivity index (χ1v) is 8.24. The van der Waals surface area contributed by atoms with Crippen molar-refractivity contribution in [2.75, 3.05) is 18.4 Å². The summed E-state index contributed by atoms with van der Waals surface area (Å²) in [6.45, 7) is 3.73. The fourth-order valence-corrected chi connectivity index (χ4v) is 2.80. The van der Waals surface area contributed by atoms with Gasteiger partial charge in [0.25, 0.3) is 11.8 Å². The Morgan fingerprint density at radius 2 is 1.75 bits per heavy atom. The molecule has 1 N–H and O–H groups in total. The van der Waals surface area contributed by atoms with Gasteiger partial charge in [0, 0.05) is 31.2 Å². The van der Waals surface area contributed by atoms with Crippen LogP contribution in [0.25, 0.3) is 0 Å². The van der Waals surface area contributed by atoms with Crippen LogP contribution in [0.1, 0.15) is 40.5 Å². The van der Waals surface area contributed by atoms with Crippen molar-refractivity contribution in [1.82, 2.24) is 9.88 Å². The molecule has 1 fully saturated rings. The third-order valence-corrected chi connectivity index (χ3v) is 4.35. The molecule has 24 heavy (non-hydrogen) atoms. The highest BCUT2D eigenvalue weighted by atomic mass is 16.2. The smallest absolute Gasteiger partial charge is 0.257 e. The molecule has 5 nitrogen and oxygen atoms in total. The number of amides is 2. The number of anilines is 1. The van der Waals surface area contributed by atoms with Crippen LogP contribution >= 0.6 is 0 Å². The summed E-state index contributed by atoms with van der Waals surface area (Å²) in [7, 11) is 0. The zero-order valence-electron chi connectivity index (χ0n) is 13.7. The van der Waals surface area contributed by atoms with Crippen LogP contribution in [-0.2, 0) is 0 Å². The molecule has 2 heterocycles. The maximum Gasteiger partial charge on any atom is 0.257 e. The molecule has 3 rings (SSSR count). The summed E-state index contributed by atoms with van der Waals surface area (Å²) in [5, 5.41) is 2.81. The molecule has 0 saturated carbocycles. The normalized spacial score (nSPS) is 15.1. The molecule has 5 heteroatoms. The van der Waals surface area contributed by atoms with Crippen LogP contribution in [0.5, 0.6) is 0 Å². The highest BCUT2D eigenvalue weighted by Crippen LogP contribution is 2.18. The van der Waals surface area contributed by atoms with Crippen LogP contribution in [0, 0.1) is 5.92 Å². The second kappa shape index (κ2) is 7.25. The Hall–Kier alpha value is -2.69. The summed E-state index contributed by atoms with van der Waals surface area (Å²) in [6, 6.07) is 10.8. The van der Waals surface area contributed by atoms with E-state index in [1.165, 1.54) is 12.4 Å². The standard InChI is InChI=1S/C19H21N3O2/c1-14-7-9-22(10-8-14)19(24)16-11-15(12-20-13-16)18(23)21-17-5-3-2-4-6-17/h2-6,11-14H,7-10H2,1H3,(H,21,23). The zero-order valence-corrected chi connectivity index (χ0v) is 13.7. The average Bonchev–Trinajstić information content (AvgIpc) is 2.63. The first kappa shape index (κ1) is 16.2. The van der Waals surface area contributed by atoms with E-state index in [-0.39, 0.29) is 11.8 Å².